The van der Waals surface area contributed by atoms with Crippen molar-refractivity contribution in [2.45, 2.75) is 110 Å². The van der Waals surface area contributed by atoms with Crippen molar-refractivity contribution in [2.24, 2.45) is 0 Å². The highest BCUT2D eigenvalue weighted by molar-refractivity contribution is 6.35. The third-order valence-corrected chi connectivity index (χ3v) is 6.73. The average molecular weight is 537 g/mol. The Balaban J connectivity index is 2.00. The number of aromatic hydroxyl groups is 1. The van der Waals surface area contributed by atoms with E-state index in [2.05, 4.69) is 12.2 Å². The fourth-order valence-electron chi connectivity index (χ4n) is 4.26. The van der Waals surface area contributed by atoms with Gasteiger partial charge in [-0.3, -0.25) is 4.79 Å². The van der Waals surface area contributed by atoms with Gasteiger partial charge in [0, 0.05) is 21.3 Å². The summed E-state index contributed by atoms with van der Waals surface area (Å²) >= 11 is 12.2. The van der Waals surface area contributed by atoms with E-state index < -0.39 is 6.10 Å². The number of carbonyl (C=O) groups excluding carboxylic acids is 1. The number of anilines is 1. The van der Waals surface area contributed by atoms with E-state index in [4.69, 9.17) is 27.9 Å². The van der Waals surface area contributed by atoms with Crippen LogP contribution < -0.4 is 10.1 Å². The van der Waals surface area contributed by atoms with Crippen molar-refractivity contribution in [2.75, 3.05) is 5.32 Å². The first-order valence-electron chi connectivity index (χ1n) is 13.4. The first kappa shape index (κ1) is 30.3. The van der Waals surface area contributed by atoms with Gasteiger partial charge in [0.1, 0.15) is 11.5 Å². The van der Waals surface area contributed by atoms with Crippen molar-refractivity contribution >= 4 is 34.8 Å². The molecule has 0 bridgehead atoms. The fourth-order valence-corrected chi connectivity index (χ4v) is 4.79. The van der Waals surface area contributed by atoms with Crippen LogP contribution in [0.25, 0.3) is 0 Å². The number of nitrogens with one attached hydrogen (secondary N) is 1. The van der Waals surface area contributed by atoms with E-state index in [1.807, 2.05) is 26.8 Å². The zero-order valence-corrected chi connectivity index (χ0v) is 23.9. The van der Waals surface area contributed by atoms with Gasteiger partial charge in [0.15, 0.2) is 6.10 Å². The second kappa shape index (κ2) is 15.4. The van der Waals surface area contributed by atoms with Crippen LogP contribution in [-0.4, -0.2) is 17.1 Å². The number of ether oxygens (including phenoxy) is 1. The quantitative estimate of drug-likeness (QED) is 0.223. The molecule has 4 nitrogen and oxygen atoms in total. The van der Waals surface area contributed by atoms with Crippen molar-refractivity contribution in [1.29, 1.82) is 0 Å². The molecule has 0 aliphatic rings. The molecule has 0 fully saturated rings. The summed E-state index contributed by atoms with van der Waals surface area (Å²) in [6.07, 6.45) is 12.2. The van der Waals surface area contributed by atoms with Gasteiger partial charge in [0.25, 0.3) is 5.91 Å². The van der Waals surface area contributed by atoms with Gasteiger partial charge < -0.3 is 15.2 Å². The van der Waals surface area contributed by atoms with Crippen LogP contribution in [0.15, 0.2) is 36.4 Å². The van der Waals surface area contributed by atoms with Gasteiger partial charge in [-0.2, -0.15) is 0 Å². The molecule has 0 aromatic heterocycles. The topological polar surface area (TPSA) is 58.6 Å². The summed E-state index contributed by atoms with van der Waals surface area (Å²) in [5.41, 5.74) is 1.06. The molecule has 0 saturated carbocycles. The van der Waals surface area contributed by atoms with E-state index in [1.54, 1.807) is 30.3 Å². The molecular weight excluding hydrogens is 493 g/mol. The van der Waals surface area contributed by atoms with Crippen LogP contribution in [-0.2, 0) is 10.2 Å². The molecule has 1 atom stereocenters. The lowest BCUT2D eigenvalue weighted by Gasteiger charge is -2.23. The van der Waals surface area contributed by atoms with Crippen LogP contribution in [0.5, 0.6) is 11.5 Å². The van der Waals surface area contributed by atoms with E-state index in [1.165, 1.54) is 51.4 Å². The molecule has 2 N–H and O–H groups in total. The summed E-state index contributed by atoms with van der Waals surface area (Å²) < 4.78 is 6.19. The Morgan fingerprint density at radius 3 is 2.00 bits per heavy atom. The minimum Gasteiger partial charge on any atom is -0.508 e. The first-order chi connectivity index (χ1) is 17.1. The Bertz CT molecular complexity index is 935. The predicted molar refractivity (Wildman–Crippen MR) is 153 cm³/mol. The molecule has 36 heavy (non-hydrogen) atoms. The molecule has 1 amide bonds. The third-order valence-electron chi connectivity index (χ3n) is 6.30. The molecular formula is C30H43Cl2NO3. The lowest BCUT2D eigenvalue weighted by molar-refractivity contribution is -0.123. The monoisotopic (exact) mass is 535 g/mol. The van der Waals surface area contributed by atoms with Crippen LogP contribution in [0.4, 0.5) is 5.69 Å². The molecule has 0 aliphatic carbocycles. The number of carbonyl (C=O) groups is 1. The maximum Gasteiger partial charge on any atom is 0.265 e. The van der Waals surface area contributed by atoms with Crippen molar-refractivity contribution in [3.63, 3.8) is 0 Å². The van der Waals surface area contributed by atoms with E-state index in [9.17, 15) is 9.90 Å². The molecule has 2 aromatic carbocycles. The molecule has 2 rings (SSSR count). The van der Waals surface area contributed by atoms with Crippen molar-refractivity contribution < 1.29 is 14.6 Å². The highest BCUT2D eigenvalue weighted by atomic mass is 35.5. The first-order valence-corrected chi connectivity index (χ1v) is 14.1. The standard InChI is InChI=1S/C30H43Cl2NO3/c1-5-6-7-8-9-10-11-12-13-14-15-28(29(35)33-24-19-22(31)18-23(32)20-24)36-25-16-17-27(34)26(21-25)30(2,3)4/h16-21,28,34H,5-15H2,1-4H3,(H,33,35). The second-order valence-corrected chi connectivity index (χ2v) is 11.5. The van der Waals surface area contributed by atoms with Crippen molar-refractivity contribution in [3.8, 4) is 11.5 Å². The molecule has 0 heterocycles. The van der Waals surface area contributed by atoms with Crippen LogP contribution >= 0.6 is 23.2 Å². The van der Waals surface area contributed by atoms with Crippen LogP contribution in [0, 0.1) is 0 Å². The summed E-state index contributed by atoms with van der Waals surface area (Å²) in [6, 6.07) is 10.1. The number of benzene rings is 2. The summed E-state index contributed by atoms with van der Waals surface area (Å²) in [6.45, 7) is 8.33. The summed E-state index contributed by atoms with van der Waals surface area (Å²) in [5, 5.41) is 14.1. The molecule has 1 unspecified atom stereocenters. The number of phenolic OH excluding ortho intramolecular Hbond substituents is 1. The van der Waals surface area contributed by atoms with Crippen LogP contribution in [0.2, 0.25) is 10.0 Å². The molecule has 2 aromatic rings. The number of unbranched alkanes of at least 4 members (excludes halogenated alkanes) is 9. The largest absolute Gasteiger partial charge is 0.508 e. The Labute approximate surface area is 227 Å². The minimum atomic E-state index is -0.672. The Hall–Kier alpha value is -1.91. The zero-order chi connectivity index (χ0) is 26.6. The normalized spacial score (nSPS) is 12.4. The van der Waals surface area contributed by atoms with Gasteiger partial charge in [0.05, 0.1) is 0 Å². The summed E-state index contributed by atoms with van der Waals surface area (Å²) in [5.74, 6) is 0.544. The maximum atomic E-state index is 13.2. The number of hydrogen-bond donors (Lipinski definition) is 2. The Morgan fingerprint density at radius 2 is 1.44 bits per heavy atom. The lowest BCUT2D eigenvalue weighted by atomic mass is 9.86. The average Bonchev–Trinajstić information content (AvgIpc) is 2.79. The van der Waals surface area contributed by atoms with Crippen LogP contribution in [0.3, 0.4) is 0 Å². The summed E-state index contributed by atoms with van der Waals surface area (Å²) in [7, 11) is 0. The molecule has 0 spiro atoms. The highest BCUT2D eigenvalue weighted by Crippen LogP contribution is 2.34. The van der Waals surface area contributed by atoms with Gasteiger partial charge in [-0.1, -0.05) is 109 Å². The predicted octanol–water partition coefficient (Wildman–Crippen LogP) is 9.69. The van der Waals surface area contributed by atoms with Gasteiger partial charge in [-0.25, -0.2) is 0 Å². The highest BCUT2D eigenvalue weighted by Gasteiger charge is 2.23. The van der Waals surface area contributed by atoms with Crippen molar-refractivity contribution in [1.82, 2.24) is 0 Å². The minimum absolute atomic E-state index is 0.221. The number of rotatable bonds is 15. The molecule has 0 radical (unpaired) electrons. The molecule has 0 saturated heterocycles. The smallest absolute Gasteiger partial charge is 0.265 e. The van der Waals surface area contributed by atoms with E-state index in [-0.39, 0.29) is 17.1 Å². The lowest BCUT2D eigenvalue weighted by Crippen LogP contribution is -2.33. The second-order valence-electron chi connectivity index (χ2n) is 10.7. The number of amides is 1. The maximum absolute atomic E-state index is 13.2. The number of hydrogen-bond acceptors (Lipinski definition) is 3. The zero-order valence-electron chi connectivity index (χ0n) is 22.3. The van der Waals surface area contributed by atoms with Gasteiger partial charge in [0.2, 0.25) is 0 Å². The van der Waals surface area contributed by atoms with Crippen molar-refractivity contribution in [3.05, 3.63) is 52.0 Å². The van der Waals surface area contributed by atoms with Gasteiger partial charge in [-0.15, -0.1) is 0 Å². The molecule has 0 aliphatic heterocycles. The molecule has 6 heteroatoms. The molecule has 200 valence electrons. The van der Waals surface area contributed by atoms with Crippen LogP contribution in [0.1, 0.15) is 104 Å². The number of halogens is 2. The van der Waals surface area contributed by atoms with E-state index >= 15 is 0 Å². The van der Waals surface area contributed by atoms with Gasteiger partial charge >= 0.3 is 0 Å². The number of phenols is 1. The van der Waals surface area contributed by atoms with E-state index in [0.717, 1.165) is 18.4 Å². The third kappa shape index (κ3) is 11.0. The fraction of sp³-hybridized carbons (Fsp3) is 0.567. The summed E-state index contributed by atoms with van der Waals surface area (Å²) in [4.78, 5) is 13.2. The van der Waals surface area contributed by atoms with Gasteiger partial charge in [-0.05, 0) is 54.7 Å². The Morgan fingerprint density at radius 1 is 0.889 bits per heavy atom. The van der Waals surface area contributed by atoms with E-state index in [0.29, 0.717) is 27.9 Å². The Kier molecular flexibility index (Phi) is 12.9. The SMILES string of the molecule is CCCCCCCCCCCCC(Oc1ccc(O)c(C(C)(C)C)c1)C(=O)Nc1cc(Cl)cc(Cl)c1.